The Morgan fingerprint density at radius 2 is 2.36 bits per heavy atom. The highest BCUT2D eigenvalue weighted by Crippen LogP contribution is 2.25. The van der Waals surface area contributed by atoms with E-state index in [4.69, 9.17) is 15.1 Å². The number of carboxylic acids is 1. The molecule has 0 radical (unpaired) electrons. The Hall–Kier alpha value is -1.54. The van der Waals surface area contributed by atoms with Gasteiger partial charge >= 0.3 is 5.97 Å². The van der Waals surface area contributed by atoms with Gasteiger partial charge in [0, 0.05) is 0 Å². The SMILES string of the molecule is N#Cc1ccc(OCC(=O)O)c(Br)c1. The number of nitriles is 1. The van der Waals surface area contributed by atoms with Gasteiger partial charge in [-0.05, 0) is 34.1 Å². The van der Waals surface area contributed by atoms with E-state index in [-0.39, 0.29) is 0 Å². The standard InChI is InChI=1S/C9H6BrNO3/c10-7-3-6(4-11)1-2-8(7)14-5-9(12)13/h1-3H,5H2,(H,12,13). The Morgan fingerprint density at radius 3 is 2.86 bits per heavy atom. The Bertz CT molecular complexity index is 398. The molecule has 0 atom stereocenters. The normalized spacial score (nSPS) is 9.14. The van der Waals surface area contributed by atoms with E-state index >= 15 is 0 Å². The summed E-state index contributed by atoms with van der Waals surface area (Å²) in [6.07, 6.45) is 0. The van der Waals surface area contributed by atoms with Crippen molar-refractivity contribution in [1.29, 1.82) is 5.26 Å². The van der Waals surface area contributed by atoms with E-state index in [1.807, 2.05) is 6.07 Å². The van der Waals surface area contributed by atoms with Gasteiger partial charge in [-0.1, -0.05) is 0 Å². The average molecular weight is 256 g/mol. The zero-order valence-corrected chi connectivity index (χ0v) is 8.61. The lowest BCUT2D eigenvalue weighted by Gasteiger charge is -2.04. The molecule has 0 aromatic heterocycles. The molecule has 0 heterocycles. The fourth-order valence-electron chi connectivity index (χ4n) is 0.827. The molecule has 14 heavy (non-hydrogen) atoms. The van der Waals surface area contributed by atoms with Crippen LogP contribution >= 0.6 is 15.9 Å². The van der Waals surface area contributed by atoms with Crippen LogP contribution in [0.4, 0.5) is 0 Å². The second kappa shape index (κ2) is 4.63. The van der Waals surface area contributed by atoms with Gasteiger partial charge in [-0.3, -0.25) is 0 Å². The van der Waals surface area contributed by atoms with Gasteiger partial charge in [-0.15, -0.1) is 0 Å². The summed E-state index contributed by atoms with van der Waals surface area (Å²) in [5.74, 6) is -0.632. The van der Waals surface area contributed by atoms with Crippen molar-refractivity contribution in [1.82, 2.24) is 0 Å². The van der Waals surface area contributed by atoms with Crippen molar-refractivity contribution < 1.29 is 14.6 Å². The monoisotopic (exact) mass is 255 g/mol. The van der Waals surface area contributed by atoms with Crippen molar-refractivity contribution in [3.63, 3.8) is 0 Å². The van der Waals surface area contributed by atoms with E-state index < -0.39 is 12.6 Å². The minimum Gasteiger partial charge on any atom is -0.481 e. The number of hydrogen-bond donors (Lipinski definition) is 1. The zero-order valence-electron chi connectivity index (χ0n) is 7.03. The van der Waals surface area contributed by atoms with Gasteiger partial charge in [0.25, 0.3) is 0 Å². The Balaban J connectivity index is 2.80. The number of ether oxygens (including phenoxy) is 1. The second-order valence-corrected chi connectivity index (χ2v) is 3.29. The number of carbonyl (C=O) groups is 1. The summed E-state index contributed by atoms with van der Waals surface area (Å²) >= 11 is 3.17. The highest BCUT2D eigenvalue weighted by Gasteiger charge is 2.04. The molecule has 4 nitrogen and oxygen atoms in total. The fraction of sp³-hybridized carbons (Fsp3) is 0.111. The molecule has 1 aromatic carbocycles. The lowest BCUT2D eigenvalue weighted by molar-refractivity contribution is -0.139. The number of hydrogen-bond acceptors (Lipinski definition) is 3. The molecule has 0 bridgehead atoms. The van der Waals surface area contributed by atoms with Crippen LogP contribution in [0.15, 0.2) is 22.7 Å². The molecule has 0 aliphatic heterocycles. The van der Waals surface area contributed by atoms with E-state index in [2.05, 4.69) is 15.9 Å². The third-order valence-electron chi connectivity index (χ3n) is 1.41. The fourth-order valence-corrected chi connectivity index (χ4v) is 1.32. The topological polar surface area (TPSA) is 70.3 Å². The first-order valence-corrected chi connectivity index (χ1v) is 4.47. The van der Waals surface area contributed by atoms with Crippen molar-refractivity contribution in [2.24, 2.45) is 0 Å². The van der Waals surface area contributed by atoms with Gasteiger partial charge in [0.05, 0.1) is 16.1 Å². The van der Waals surface area contributed by atoms with Crippen LogP contribution in [0.25, 0.3) is 0 Å². The predicted molar refractivity (Wildman–Crippen MR) is 52.0 cm³/mol. The van der Waals surface area contributed by atoms with Crippen molar-refractivity contribution in [3.8, 4) is 11.8 Å². The van der Waals surface area contributed by atoms with Crippen molar-refractivity contribution in [2.75, 3.05) is 6.61 Å². The van der Waals surface area contributed by atoms with Gasteiger partial charge < -0.3 is 9.84 Å². The molecule has 0 aliphatic rings. The number of halogens is 1. The number of nitrogens with zero attached hydrogens (tertiary/aromatic N) is 1. The highest BCUT2D eigenvalue weighted by molar-refractivity contribution is 9.10. The van der Waals surface area contributed by atoms with E-state index in [0.717, 1.165) is 0 Å². The van der Waals surface area contributed by atoms with Crippen molar-refractivity contribution >= 4 is 21.9 Å². The van der Waals surface area contributed by atoms with Crippen LogP contribution < -0.4 is 4.74 Å². The van der Waals surface area contributed by atoms with Gasteiger partial charge in [0.2, 0.25) is 0 Å². The highest BCUT2D eigenvalue weighted by atomic mass is 79.9. The zero-order chi connectivity index (χ0) is 10.6. The molecular weight excluding hydrogens is 250 g/mol. The summed E-state index contributed by atoms with van der Waals surface area (Å²) in [7, 11) is 0. The maximum atomic E-state index is 10.2. The molecule has 0 saturated heterocycles. The molecule has 0 spiro atoms. The summed E-state index contributed by atoms with van der Waals surface area (Å²) in [5, 5.41) is 16.9. The van der Waals surface area contributed by atoms with Gasteiger partial charge in [-0.25, -0.2) is 4.79 Å². The Morgan fingerprint density at radius 1 is 1.64 bits per heavy atom. The molecule has 72 valence electrons. The van der Waals surface area contributed by atoms with Crippen molar-refractivity contribution in [2.45, 2.75) is 0 Å². The summed E-state index contributed by atoms with van der Waals surface area (Å²) in [6, 6.07) is 6.63. The molecule has 1 rings (SSSR count). The molecule has 0 saturated carbocycles. The minimum atomic E-state index is -1.04. The van der Waals surface area contributed by atoms with Crippen LogP contribution in [0.2, 0.25) is 0 Å². The van der Waals surface area contributed by atoms with Crippen molar-refractivity contribution in [3.05, 3.63) is 28.2 Å². The van der Waals surface area contributed by atoms with E-state index in [1.54, 1.807) is 18.2 Å². The van der Waals surface area contributed by atoms with Crippen LogP contribution in [0.1, 0.15) is 5.56 Å². The van der Waals surface area contributed by atoms with Gasteiger partial charge in [0.15, 0.2) is 6.61 Å². The molecule has 0 amide bonds. The van der Waals surface area contributed by atoms with E-state index in [0.29, 0.717) is 15.8 Å². The number of aliphatic carboxylic acids is 1. The first-order chi connectivity index (χ1) is 6.63. The molecule has 1 N–H and O–H groups in total. The van der Waals surface area contributed by atoms with E-state index in [9.17, 15) is 4.79 Å². The number of rotatable bonds is 3. The lowest BCUT2D eigenvalue weighted by Crippen LogP contribution is -2.09. The molecule has 0 fully saturated rings. The van der Waals surface area contributed by atoms with Gasteiger partial charge in [0.1, 0.15) is 5.75 Å². The number of carboxylic acid groups (broad SMARTS) is 1. The molecule has 1 aromatic rings. The Labute approximate surface area is 88.9 Å². The molecular formula is C9H6BrNO3. The molecule has 0 aliphatic carbocycles. The smallest absolute Gasteiger partial charge is 0.341 e. The van der Waals surface area contributed by atoms with Gasteiger partial charge in [-0.2, -0.15) is 5.26 Å². The summed E-state index contributed by atoms with van der Waals surface area (Å²) in [6.45, 7) is -0.398. The number of benzene rings is 1. The maximum absolute atomic E-state index is 10.2. The predicted octanol–water partition coefficient (Wildman–Crippen LogP) is 1.78. The largest absolute Gasteiger partial charge is 0.481 e. The summed E-state index contributed by atoms with van der Waals surface area (Å²) in [5.41, 5.74) is 0.486. The van der Waals surface area contributed by atoms with E-state index in [1.165, 1.54) is 0 Å². The lowest BCUT2D eigenvalue weighted by atomic mass is 10.2. The maximum Gasteiger partial charge on any atom is 0.341 e. The summed E-state index contributed by atoms with van der Waals surface area (Å²) in [4.78, 5) is 10.2. The van der Waals surface area contributed by atoms with Crippen LogP contribution in [0, 0.1) is 11.3 Å². The molecule has 5 heteroatoms. The Kier molecular flexibility index (Phi) is 3.48. The van der Waals surface area contributed by atoms with Crippen LogP contribution in [-0.4, -0.2) is 17.7 Å². The second-order valence-electron chi connectivity index (χ2n) is 2.44. The first kappa shape index (κ1) is 10.5. The van der Waals surface area contributed by atoms with Crippen LogP contribution in [-0.2, 0) is 4.79 Å². The van der Waals surface area contributed by atoms with Crippen LogP contribution in [0.3, 0.4) is 0 Å². The minimum absolute atomic E-state index is 0.398. The molecule has 0 unspecified atom stereocenters. The third kappa shape index (κ3) is 2.75. The summed E-state index contributed by atoms with van der Waals surface area (Å²) < 4.78 is 5.51. The van der Waals surface area contributed by atoms with Crippen LogP contribution in [0.5, 0.6) is 5.75 Å². The first-order valence-electron chi connectivity index (χ1n) is 3.67. The average Bonchev–Trinajstić information content (AvgIpc) is 2.15. The quantitative estimate of drug-likeness (QED) is 0.894. The third-order valence-corrected chi connectivity index (χ3v) is 2.03.